The van der Waals surface area contributed by atoms with Gasteiger partial charge in [0.1, 0.15) is 0 Å². The van der Waals surface area contributed by atoms with Gasteiger partial charge in [0.2, 0.25) is 0 Å². The van der Waals surface area contributed by atoms with E-state index in [0.717, 1.165) is 13.1 Å². The highest BCUT2D eigenvalue weighted by atomic mass is 16.3. The molecule has 2 heteroatoms. The maximum absolute atomic E-state index is 8.61. The molecule has 116 valence electrons. The zero-order chi connectivity index (χ0) is 14.0. The molecule has 0 aromatic heterocycles. The zero-order valence-electron chi connectivity index (χ0n) is 13.3. The molecule has 0 fully saturated rings. The van der Waals surface area contributed by atoms with Crippen molar-refractivity contribution in [1.82, 2.24) is 5.32 Å². The largest absolute Gasteiger partial charge is 0.395 e. The normalized spacial score (nSPS) is 11.1. The van der Waals surface area contributed by atoms with Crippen LogP contribution in [0.15, 0.2) is 0 Å². The third kappa shape index (κ3) is 17.9. The maximum atomic E-state index is 8.61. The van der Waals surface area contributed by atoms with Crippen LogP contribution in [0.1, 0.15) is 90.4 Å². The Labute approximate surface area is 121 Å². The fraction of sp³-hybridized carbons (Fsp3) is 1.00. The number of unbranched alkanes of at least 4 members (excludes halogenated alkanes) is 12. The van der Waals surface area contributed by atoms with Crippen LogP contribution in [-0.2, 0) is 0 Å². The van der Waals surface area contributed by atoms with Gasteiger partial charge in [-0.2, -0.15) is 0 Å². The highest BCUT2D eigenvalue weighted by Gasteiger charge is 1.93. The average molecular weight is 271 g/mol. The van der Waals surface area contributed by atoms with Crippen LogP contribution >= 0.6 is 0 Å². The lowest BCUT2D eigenvalue weighted by Gasteiger charge is -2.04. The van der Waals surface area contributed by atoms with Crippen molar-refractivity contribution in [3.8, 4) is 0 Å². The summed E-state index contributed by atoms with van der Waals surface area (Å²) in [6, 6.07) is 0. The fourth-order valence-corrected chi connectivity index (χ4v) is 2.47. The number of rotatable bonds is 16. The Bertz CT molecular complexity index is 134. The van der Waals surface area contributed by atoms with Crippen molar-refractivity contribution in [3.05, 3.63) is 0 Å². The summed E-state index contributed by atoms with van der Waals surface area (Å²) in [6.07, 6.45) is 18.3. The van der Waals surface area contributed by atoms with Gasteiger partial charge in [-0.25, -0.2) is 0 Å². The first-order valence-corrected chi connectivity index (χ1v) is 8.73. The SMILES string of the molecule is CCCCCCCCCCCCCCCNCCO. The van der Waals surface area contributed by atoms with Gasteiger partial charge in [-0.1, -0.05) is 84.0 Å². The van der Waals surface area contributed by atoms with Crippen molar-refractivity contribution in [3.63, 3.8) is 0 Å². The number of hydrogen-bond acceptors (Lipinski definition) is 2. The van der Waals surface area contributed by atoms with Crippen LogP contribution in [0.25, 0.3) is 0 Å². The predicted molar refractivity (Wildman–Crippen MR) is 85.7 cm³/mol. The van der Waals surface area contributed by atoms with Crippen molar-refractivity contribution >= 4 is 0 Å². The molecule has 0 saturated heterocycles. The highest BCUT2D eigenvalue weighted by Crippen LogP contribution is 2.12. The van der Waals surface area contributed by atoms with E-state index in [1.165, 1.54) is 83.5 Å². The number of aliphatic hydroxyl groups excluding tert-OH is 1. The third-order valence-corrected chi connectivity index (χ3v) is 3.75. The second-order valence-corrected chi connectivity index (χ2v) is 5.72. The van der Waals surface area contributed by atoms with E-state index >= 15 is 0 Å². The molecule has 0 aliphatic heterocycles. The molecule has 0 aliphatic carbocycles. The summed E-state index contributed by atoms with van der Waals surface area (Å²) in [4.78, 5) is 0. The molecule has 0 unspecified atom stereocenters. The summed E-state index contributed by atoms with van der Waals surface area (Å²) in [5.74, 6) is 0. The Kier molecular flexibility index (Phi) is 17.8. The average Bonchev–Trinajstić information content (AvgIpc) is 2.43. The van der Waals surface area contributed by atoms with Gasteiger partial charge in [0.25, 0.3) is 0 Å². The summed E-state index contributed by atoms with van der Waals surface area (Å²) >= 11 is 0. The molecule has 0 atom stereocenters. The van der Waals surface area contributed by atoms with Gasteiger partial charge in [-0.15, -0.1) is 0 Å². The van der Waals surface area contributed by atoms with E-state index in [-0.39, 0.29) is 6.61 Å². The molecule has 0 heterocycles. The van der Waals surface area contributed by atoms with E-state index in [2.05, 4.69) is 12.2 Å². The molecule has 2 N–H and O–H groups in total. The minimum atomic E-state index is 0.262. The smallest absolute Gasteiger partial charge is 0.0555 e. The molecule has 19 heavy (non-hydrogen) atoms. The van der Waals surface area contributed by atoms with Crippen LogP contribution in [0.4, 0.5) is 0 Å². The lowest BCUT2D eigenvalue weighted by molar-refractivity contribution is 0.292. The summed E-state index contributed by atoms with van der Waals surface area (Å²) in [5, 5.41) is 11.8. The summed E-state index contributed by atoms with van der Waals surface area (Å²) in [5.41, 5.74) is 0. The van der Waals surface area contributed by atoms with Crippen LogP contribution < -0.4 is 5.32 Å². The Morgan fingerprint density at radius 1 is 0.579 bits per heavy atom. The monoisotopic (exact) mass is 271 g/mol. The summed E-state index contributed by atoms with van der Waals surface area (Å²) in [7, 11) is 0. The first-order valence-electron chi connectivity index (χ1n) is 8.73. The fourth-order valence-electron chi connectivity index (χ4n) is 2.47. The molecular formula is C17H37NO. The van der Waals surface area contributed by atoms with E-state index in [9.17, 15) is 0 Å². The first kappa shape index (κ1) is 18.9. The van der Waals surface area contributed by atoms with E-state index in [1.807, 2.05) is 0 Å². The minimum absolute atomic E-state index is 0.262. The molecule has 0 saturated carbocycles. The Morgan fingerprint density at radius 2 is 1.00 bits per heavy atom. The number of aliphatic hydroxyl groups is 1. The van der Waals surface area contributed by atoms with Crippen LogP contribution in [-0.4, -0.2) is 24.8 Å². The number of nitrogens with one attached hydrogen (secondary N) is 1. The topological polar surface area (TPSA) is 32.3 Å². The Morgan fingerprint density at radius 3 is 1.42 bits per heavy atom. The molecule has 0 aromatic carbocycles. The standard InChI is InChI=1S/C17H37NO/c1-2-3-4-5-6-7-8-9-10-11-12-13-14-15-18-16-17-19/h18-19H,2-17H2,1H3. The van der Waals surface area contributed by atoms with Crippen molar-refractivity contribution in [2.75, 3.05) is 19.7 Å². The van der Waals surface area contributed by atoms with Crippen molar-refractivity contribution in [2.24, 2.45) is 0 Å². The van der Waals surface area contributed by atoms with Gasteiger partial charge >= 0.3 is 0 Å². The molecular weight excluding hydrogens is 234 g/mol. The second kappa shape index (κ2) is 17.9. The molecule has 0 amide bonds. The lowest BCUT2D eigenvalue weighted by Crippen LogP contribution is -2.19. The zero-order valence-corrected chi connectivity index (χ0v) is 13.3. The van der Waals surface area contributed by atoms with Crippen molar-refractivity contribution in [2.45, 2.75) is 90.4 Å². The van der Waals surface area contributed by atoms with E-state index in [4.69, 9.17) is 5.11 Å². The maximum Gasteiger partial charge on any atom is 0.0555 e. The van der Waals surface area contributed by atoms with Gasteiger partial charge in [0.05, 0.1) is 6.61 Å². The first-order chi connectivity index (χ1) is 9.41. The van der Waals surface area contributed by atoms with Crippen LogP contribution in [0.2, 0.25) is 0 Å². The van der Waals surface area contributed by atoms with Crippen molar-refractivity contribution in [1.29, 1.82) is 0 Å². The minimum Gasteiger partial charge on any atom is -0.395 e. The third-order valence-electron chi connectivity index (χ3n) is 3.75. The number of hydrogen-bond donors (Lipinski definition) is 2. The van der Waals surface area contributed by atoms with Gasteiger partial charge in [0.15, 0.2) is 0 Å². The van der Waals surface area contributed by atoms with Crippen LogP contribution in [0.5, 0.6) is 0 Å². The van der Waals surface area contributed by atoms with Crippen LogP contribution in [0, 0.1) is 0 Å². The summed E-state index contributed by atoms with van der Waals surface area (Å²) < 4.78 is 0. The van der Waals surface area contributed by atoms with E-state index in [0.29, 0.717) is 0 Å². The van der Waals surface area contributed by atoms with Crippen molar-refractivity contribution < 1.29 is 5.11 Å². The van der Waals surface area contributed by atoms with Gasteiger partial charge < -0.3 is 10.4 Å². The van der Waals surface area contributed by atoms with Gasteiger partial charge in [0, 0.05) is 6.54 Å². The molecule has 0 aromatic rings. The van der Waals surface area contributed by atoms with Crippen LogP contribution in [0.3, 0.4) is 0 Å². The molecule has 0 aliphatic rings. The van der Waals surface area contributed by atoms with Gasteiger partial charge in [-0.05, 0) is 13.0 Å². The molecule has 0 bridgehead atoms. The molecule has 2 nitrogen and oxygen atoms in total. The molecule has 0 spiro atoms. The quantitative estimate of drug-likeness (QED) is 0.400. The second-order valence-electron chi connectivity index (χ2n) is 5.72. The Balaban J connectivity index is 2.88. The van der Waals surface area contributed by atoms with E-state index in [1.54, 1.807) is 0 Å². The molecule has 0 radical (unpaired) electrons. The predicted octanol–water partition coefficient (Wildman–Crippen LogP) is 4.66. The van der Waals surface area contributed by atoms with Gasteiger partial charge in [-0.3, -0.25) is 0 Å². The van der Waals surface area contributed by atoms with E-state index < -0.39 is 0 Å². The lowest BCUT2D eigenvalue weighted by atomic mass is 10.0. The summed E-state index contributed by atoms with van der Waals surface area (Å²) in [6.45, 7) is 4.36. The molecule has 0 rings (SSSR count). The Hall–Kier alpha value is -0.0800. The highest BCUT2D eigenvalue weighted by molar-refractivity contribution is 4.50.